The van der Waals surface area contributed by atoms with E-state index in [9.17, 15) is 14.0 Å². The molecule has 194 valence electrons. The molecule has 0 heterocycles. The van der Waals surface area contributed by atoms with E-state index >= 15 is 0 Å². The van der Waals surface area contributed by atoms with E-state index in [1.54, 1.807) is 36.4 Å². The van der Waals surface area contributed by atoms with Crippen LogP contribution in [0, 0.1) is 5.82 Å². The van der Waals surface area contributed by atoms with Gasteiger partial charge in [-0.3, -0.25) is 9.69 Å². The van der Waals surface area contributed by atoms with Gasteiger partial charge in [-0.2, -0.15) is 0 Å². The largest absolute Gasteiger partial charge is 0.457 e. The molecule has 2 N–H and O–H groups in total. The molecule has 4 aromatic carbocycles. The van der Waals surface area contributed by atoms with Crippen molar-refractivity contribution in [2.45, 2.75) is 6.61 Å². The molecule has 0 bridgehead atoms. The highest BCUT2D eigenvalue weighted by molar-refractivity contribution is 6.01. The van der Waals surface area contributed by atoms with Crippen molar-refractivity contribution >= 4 is 23.3 Å². The summed E-state index contributed by atoms with van der Waals surface area (Å²) in [6.45, 7) is 0.523. The monoisotopic (exact) mass is 513 g/mol. The number of urea groups is 1. The first-order valence-electron chi connectivity index (χ1n) is 12.1. The van der Waals surface area contributed by atoms with Crippen LogP contribution in [0.15, 0.2) is 109 Å². The molecule has 7 nitrogen and oxygen atoms in total. The second kappa shape index (κ2) is 13.6. The Balaban J connectivity index is 1.37. The SMILES string of the molecule is O=C(COCc1ccccc1)NCCN(C(=O)Nc1ccccc1F)c1ccc(Oc2ccccc2)cc1. The van der Waals surface area contributed by atoms with Gasteiger partial charge in [0.1, 0.15) is 23.9 Å². The highest BCUT2D eigenvalue weighted by atomic mass is 19.1. The number of nitrogens with one attached hydrogen (secondary N) is 2. The molecule has 38 heavy (non-hydrogen) atoms. The topological polar surface area (TPSA) is 79.9 Å². The van der Waals surface area contributed by atoms with Crippen LogP contribution in [0.3, 0.4) is 0 Å². The maximum atomic E-state index is 14.2. The molecule has 0 atom stereocenters. The Morgan fingerprint density at radius 2 is 1.39 bits per heavy atom. The molecule has 0 unspecified atom stereocenters. The van der Waals surface area contributed by atoms with Crippen molar-refractivity contribution in [3.05, 3.63) is 121 Å². The lowest BCUT2D eigenvalue weighted by atomic mass is 10.2. The van der Waals surface area contributed by atoms with Crippen molar-refractivity contribution in [2.24, 2.45) is 0 Å². The smallest absolute Gasteiger partial charge is 0.326 e. The van der Waals surface area contributed by atoms with Crippen molar-refractivity contribution in [3.8, 4) is 11.5 Å². The number of ether oxygens (including phenoxy) is 2. The van der Waals surface area contributed by atoms with Gasteiger partial charge in [0.15, 0.2) is 0 Å². The summed E-state index contributed by atoms with van der Waals surface area (Å²) in [5.74, 6) is 0.433. The second-order valence-electron chi connectivity index (χ2n) is 8.30. The van der Waals surface area contributed by atoms with E-state index in [4.69, 9.17) is 9.47 Å². The van der Waals surface area contributed by atoms with E-state index in [-0.39, 0.29) is 31.3 Å². The fourth-order valence-corrected chi connectivity index (χ4v) is 3.61. The van der Waals surface area contributed by atoms with Gasteiger partial charge in [-0.15, -0.1) is 0 Å². The third kappa shape index (κ3) is 7.91. The number of carbonyl (C=O) groups excluding carboxylic acids is 2. The highest BCUT2D eigenvalue weighted by Crippen LogP contribution is 2.25. The average molecular weight is 514 g/mol. The van der Waals surface area contributed by atoms with Crippen molar-refractivity contribution in [2.75, 3.05) is 29.9 Å². The highest BCUT2D eigenvalue weighted by Gasteiger charge is 2.18. The Labute approximate surface area is 220 Å². The molecule has 0 radical (unpaired) electrons. The molecule has 0 saturated carbocycles. The number of para-hydroxylation sites is 2. The van der Waals surface area contributed by atoms with Crippen LogP contribution in [0.2, 0.25) is 0 Å². The van der Waals surface area contributed by atoms with E-state index in [0.29, 0.717) is 23.8 Å². The minimum absolute atomic E-state index is 0.0601. The summed E-state index contributed by atoms with van der Waals surface area (Å²) in [5.41, 5.74) is 1.58. The lowest BCUT2D eigenvalue weighted by Gasteiger charge is -2.24. The molecule has 0 aromatic heterocycles. The Bertz CT molecular complexity index is 1320. The maximum absolute atomic E-state index is 14.2. The third-order valence-corrected chi connectivity index (χ3v) is 5.49. The number of hydrogen-bond donors (Lipinski definition) is 2. The molecule has 0 fully saturated rings. The zero-order valence-corrected chi connectivity index (χ0v) is 20.7. The first-order valence-corrected chi connectivity index (χ1v) is 12.1. The molecular formula is C30H28FN3O4. The standard InChI is InChI=1S/C30H28FN3O4/c31-27-13-7-8-14-28(27)33-30(36)34(20-19-32-29(35)22-37-21-23-9-3-1-4-10-23)24-15-17-26(18-16-24)38-25-11-5-2-6-12-25/h1-18H,19-22H2,(H,32,35)(H,33,36). The van der Waals surface area contributed by atoms with Gasteiger partial charge in [-0.1, -0.05) is 60.7 Å². The van der Waals surface area contributed by atoms with Gasteiger partial charge in [0.25, 0.3) is 0 Å². The summed E-state index contributed by atoms with van der Waals surface area (Å²) in [4.78, 5) is 26.8. The quantitative estimate of drug-likeness (QED) is 0.258. The summed E-state index contributed by atoms with van der Waals surface area (Å²) in [6, 6.07) is 31.2. The number of anilines is 2. The first-order chi connectivity index (χ1) is 18.6. The van der Waals surface area contributed by atoms with Gasteiger partial charge < -0.3 is 20.1 Å². The predicted octanol–water partition coefficient (Wildman–Crippen LogP) is 5.99. The van der Waals surface area contributed by atoms with Crippen molar-refractivity contribution < 1.29 is 23.5 Å². The van der Waals surface area contributed by atoms with E-state index in [1.165, 1.54) is 17.0 Å². The molecule has 0 spiro atoms. The van der Waals surface area contributed by atoms with Gasteiger partial charge in [0, 0.05) is 18.8 Å². The number of nitrogens with zero attached hydrogens (tertiary/aromatic N) is 1. The third-order valence-electron chi connectivity index (χ3n) is 5.49. The lowest BCUT2D eigenvalue weighted by Crippen LogP contribution is -2.41. The molecule has 0 aliphatic carbocycles. The van der Waals surface area contributed by atoms with Gasteiger partial charge >= 0.3 is 6.03 Å². The van der Waals surface area contributed by atoms with Crippen LogP contribution in [0.1, 0.15) is 5.56 Å². The van der Waals surface area contributed by atoms with Crippen LogP contribution in [-0.2, 0) is 16.1 Å². The number of halogens is 1. The van der Waals surface area contributed by atoms with E-state index in [2.05, 4.69) is 10.6 Å². The minimum Gasteiger partial charge on any atom is -0.457 e. The Hall–Kier alpha value is -4.69. The summed E-state index contributed by atoms with van der Waals surface area (Å²) < 4.78 is 25.4. The van der Waals surface area contributed by atoms with E-state index < -0.39 is 11.8 Å². The van der Waals surface area contributed by atoms with Crippen molar-refractivity contribution in [1.82, 2.24) is 5.32 Å². The van der Waals surface area contributed by atoms with Crippen molar-refractivity contribution in [1.29, 1.82) is 0 Å². The molecular weight excluding hydrogens is 485 g/mol. The maximum Gasteiger partial charge on any atom is 0.326 e. The van der Waals surface area contributed by atoms with E-state index in [1.807, 2.05) is 60.7 Å². The minimum atomic E-state index is -0.545. The van der Waals surface area contributed by atoms with Crippen LogP contribution >= 0.6 is 0 Å². The zero-order valence-electron chi connectivity index (χ0n) is 20.7. The van der Waals surface area contributed by atoms with E-state index in [0.717, 1.165) is 5.56 Å². The Kier molecular flexibility index (Phi) is 9.42. The Morgan fingerprint density at radius 3 is 2.11 bits per heavy atom. The van der Waals surface area contributed by atoms with Crippen LogP contribution in [0.5, 0.6) is 11.5 Å². The molecule has 8 heteroatoms. The normalized spacial score (nSPS) is 10.4. The van der Waals surface area contributed by atoms with Gasteiger partial charge in [0.05, 0.1) is 12.3 Å². The fraction of sp³-hybridized carbons (Fsp3) is 0.133. The van der Waals surface area contributed by atoms with Crippen LogP contribution < -0.4 is 20.3 Å². The molecule has 0 aliphatic rings. The number of amides is 3. The number of benzene rings is 4. The Morgan fingerprint density at radius 1 is 0.763 bits per heavy atom. The number of rotatable bonds is 11. The van der Waals surface area contributed by atoms with Crippen LogP contribution in [0.25, 0.3) is 0 Å². The molecule has 4 rings (SSSR count). The van der Waals surface area contributed by atoms with Crippen LogP contribution in [0.4, 0.5) is 20.6 Å². The first kappa shape index (κ1) is 26.4. The summed E-state index contributed by atoms with van der Waals surface area (Å²) in [6.07, 6.45) is 0. The zero-order chi connectivity index (χ0) is 26.6. The van der Waals surface area contributed by atoms with Gasteiger partial charge in [-0.25, -0.2) is 9.18 Å². The summed E-state index contributed by atoms with van der Waals surface area (Å²) >= 11 is 0. The average Bonchev–Trinajstić information content (AvgIpc) is 2.94. The van der Waals surface area contributed by atoms with Gasteiger partial charge in [0.2, 0.25) is 5.91 Å². The molecule has 4 aromatic rings. The van der Waals surface area contributed by atoms with Crippen LogP contribution in [-0.4, -0.2) is 31.6 Å². The lowest BCUT2D eigenvalue weighted by molar-refractivity contribution is -0.126. The molecule has 0 saturated heterocycles. The number of carbonyl (C=O) groups is 2. The number of hydrogen-bond acceptors (Lipinski definition) is 4. The molecule has 3 amide bonds. The summed E-state index contributed by atoms with van der Waals surface area (Å²) in [7, 11) is 0. The summed E-state index contributed by atoms with van der Waals surface area (Å²) in [5, 5.41) is 5.36. The second-order valence-corrected chi connectivity index (χ2v) is 8.30. The van der Waals surface area contributed by atoms with Gasteiger partial charge in [-0.05, 0) is 54.1 Å². The molecule has 0 aliphatic heterocycles. The predicted molar refractivity (Wildman–Crippen MR) is 145 cm³/mol. The fourth-order valence-electron chi connectivity index (χ4n) is 3.61. The van der Waals surface area contributed by atoms with Crippen molar-refractivity contribution in [3.63, 3.8) is 0 Å².